The number of aryl methyl sites for hydroxylation is 2. The zero-order chi connectivity index (χ0) is 25.1. The molecule has 0 saturated carbocycles. The monoisotopic (exact) mass is 496 g/mol. The summed E-state index contributed by atoms with van der Waals surface area (Å²) in [5.41, 5.74) is 1.11. The van der Waals surface area contributed by atoms with Crippen LogP contribution in [0.2, 0.25) is 5.02 Å². The standard InChI is InChI=1S/C25H26ClFN6O2/c1-14-29-23-18(24(34)32(14)5)9-21(30-22(23)17-7-6-16(26)8-19(17)27)33-12-20(35-25(2,3)13-33)15-10-28-31(4)11-15/h6-11,20H,12-13H2,1-5H3/t20-/m0/s1. The Bertz CT molecular complexity index is 1510. The van der Waals surface area contributed by atoms with Gasteiger partial charge in [0, 0.05) is 43.0 Å². The van der Waals surface area contributed by atoms with Gasteiger partial charge in [-0.05, 0) is 45.0 Å². The quantitative estimate of drug-likeness (QED) is 0.423. The van der Waals surface area contributed by atoms with Crippen molar-refractivity contribution in [1.82, 2.24) is 24.3 Å². The Morgan fingerprint density at radius 3 is 2.66 bits per heavy atom. The van der Waals surface area contributed by atoms with E-state index in [0.29, 0.717) is 41.3 Å². The molecule has 1 aromatic carbocycles. The van der Waals surface area contributed by atoms with E-state index in [4.69, 9.17) is 21.3 Å². The molecule has 35 heavy (non-hydrogen) atoms. The van der Waals surface area contributed by atoms with Crippen molar-refractivity contribution in [3.05, 3.63) is 69.2 Å². The van der Waals surface area contributed by atoms with Crippen LogP contribution in [0.1, 0.15) is 31.3 Å². The van der Waals surface area contributed by atoms with E-state index >= 15 is 4.39 Å². The molecule has 0 spiro atoms. The van der Waals surface area contributed by atoms with Gasteiger partial charge in [0.15, 0.2) is 0 Å². The number of ether oxygens (including phenoxy) is 1. The van der Waals surface area contributed by atoms with Crippen LogP contribution in [-0.2, 0) is 18.8 Å². The second-order valence-electron chi connectivity index (χ2n) is 9.57. The summed E-state index contributed by atoms with van der Waals surface area (Å²) in [6, 6.07) is 6.15. The van der Waals surface area contributed by atoms with Crippen molar-refractivity contribution in [1.29, 1.82) is 0 Å². The Labute approximate surface area is 206 Å². The number of hydrogen-bond acceptors (Lipinski definition) is 6. The van der Waals surface area contributed by atoms with E-state index in [1.54, 1.807) is 43.0 Å². The first-order valence-corrected chi connectivity index (χ1v) is 11.7. The number of fused-ring (bicyclic) bond motifs is 1. The molecule has 4 aromatic rings. The fourth-order valence-electron chi connectivity index (χ4n) is 4.54. The third-order valence-corrected chi connectivity index (χ3v) is 6.53. The number of aromatic nitrogens is 5. The fourth-order valence-corrected chi connectivity index (χ4v) is 4.69. The maximum absolute atomic E-state index is 15.0. The van der Waals surface area contributed by atoms with Crippen molar-refractivity contribution in [3.63, 3.8) is 0 Å². The number of morpholine rings is 1. The Balaban J connectivity index is 1.71. The van der Waals surface area contributed by atoms with Gasteiger partial charge in [-0.15, -0.1) is 0 Å². The van der Waals surface area contributed by atoms with Crippen LogP contribution in [0.5, 0.6) is 0 Å². The van der Waals surface area contributed by atoms with Crippen LogP contribution in [-0.4, -0.2) is 43.0 Å². The number of benzene rings is 1. The fraction of sp³-hybridized carbons (Fsp3) is 0.360. The molecule has 0 amide bonds. The third-order valence-electron chi connectivity index (χ3n) is 6.30. The average molecular weight is 497 g/mol. The van der Waals surface area contributed by atoms with Crippen LogP contribution in [0.3, 0.4) is 0 Å². The molecule has 1 atom stereocenters. The van der Waals surface area contributed by atoms with E-state index in [1.807, 2.05) is 27.1 Å². The van der Waals surface area contributed by atoms with Crippen molar-refractivity contribution in [2.75, 3.05) is 18.0 Å². The molecule has 8 nitrogen and oxygen atoms in total. The number of rotatable bonds is 3. The number of hydrogen-bond donors (Lipinski definition) is 0. The van der Waals surface area contributed by atoms with E-state index in [1.165, 1.54) is 10.6 Å². The SMILES string of the molecule is Cc1nc2c(-c3ccc(Cl)cc3F)nc(N3C[C@@H](c4cnn(C)c4)OC(C)(C)C3)cc2c(=O)n1C. The number of nitrogens with zero attached hydrogens (tertiary/aromatic N) is 6. The molecule has 1 aliphatic rings. The lowest BCUT2D eigenvalue weighted by molar-refractivity contribution is -0.0857. The van der Waals surface area contributed by atoms with Crippen LogP contribution >= 0.6 is 11.6 Å². The number of pyridine rings is 1. The minimum atomic E-state index is -0.529. The summed E-state index contributed by atoms with van der Waals surface area (Å²) in [5.74, 6) is 0.533. The van der Waals surface area contributed by atoms with Gasteiger partial charge in [-0.2, -0.15) is 5.10 Å². The summed E-state index contributed by atoms with van der Waals surface area (Å²) in [6.07, 6.45) is 3.46. The minimum Gasteiger partial charge on any atom is -0.364 e. The molecule has 3 aromatic heterocycles. The summed E-state index contributed by atoms with van der Waals surface area (Å²) in [5, 5.41) is 4.92. The van der Waals surface area contributed by atoms with Gasteiger partial charge in [-0.25, -0.2) is 14.4 Å². The molecule has 0 unspecified atom stereocenters. The average Bonchev–Trinajstić information content (AvgIpc) is 3.23. The Morgan fingerprint density at radius 1 is 1.20 bits per heavy atom. The summed E-state index contributed by atoms with van der Waals surface area (Å²) >= 11 is 6.00. The molecule has 182 valence electrons. The summed E-state index contributed by atoms with van der Waals surface area (Å²) < 4.78 is 24.6. The molecule has 1 saturated heterocycles. The molecule has 0 aliphatic carbocycles. The van der Waals surface area contributed by atoms with E-state index in [2.05, 4.69) is 15.0 Å². The van der Waals surface area contributed by atoms with Gasteiger partial charge < -0.3 is 9.64 Å². The molecule has 0 radical (unpaired) electrons. The van der Waals surface area contributed by atoms with Gasteiger partial charge >= 0.3 is 0 Å². The van der Waals surface area contributed by atoms with E-state index in [-0.39, 0.29) is 22.2 Å². The van der Waals surface area contributed by atoms with Crippen LogP contribution < -0.4 is 10.5 Å². The Kier molecular flexibility index (Phi) is 5.64. The van der Waals surface area contributed by atoms with Crippen LogP contribution in [0.15, 0.2) is 41.5 Å². The highest BCUT2D eigenvalue weighted by atomic mass is 35.5. The highest BCUT2D eigenvalue weighted by Crippen LogP contribution is 2.36. The van der Waals surface area contributed by atoms with Gasteiger partial charge in [0.1, 0.15) is 34.8 Å². The van der Waals surface area contributed by atoms with Gasteiger partial charge in [0.05, 0.1) is 23.7 Å². The summed E-state index contributed by atoms with van der Waals surface area (Å²) in [6.45, 7) is 6.78. The minimum absolute atomic E-state index is 0.219. The maximum atomic E-state index is 15.0. The van der Waals surface area contributed by atoms with Gasteiger partial charge in [0.2, 0.25) is 0 Å². The summed E-state index contributed by atoms with van der Waals surface area (Å²) in [4.78, 5) is 24.8. The largest absolute Gasteiger partial charge is 0.364 e. The second kappa shape index (κ2) is 8.42. The Hall–Kier alpha value is -3.30. The van der Waals surface area contributed by atoms with Crippen molar-refractivity contribution < 1.29 is 9.13 Å². The van der Waals surface area contributed by atoms with E-state index in [9.17, 15) is 4.79 Å². The highest BCUT2D eigenvalue weighted by Gasteiger charge is 2.36. The number of halogens is 2. The second-order valence-corrected chi connectivity index (χ2v) is 10.0. The lowest BCUT2D eigenvalue weighted by Gasteiger charge is -2.43. The maximum Gasteiger partial charge on any atom is 0.261 e. The first-order chi connectivity index (χ1) is 16.5. The topological polar surface area (TPSA) is 78.1 Å². The van der Waals surface area contributed by atoms with Crippen LogP contribution in [0, 0.1) is 12.7 Å². The lowest BCUT2D eigenvalue weighted by Crippen LogP contribution is -2.50. The molecule has 4 heterocycles. The molecule has 0 bridgehead atoms. The third kappa shape index (κ3) is 4.30. The smallest absolute Gasteiger partial charge is 0.261 e. The zero-order valence-corrected chi connectivity index (χ0v) is 21.0. The van der Waals surface area contributed by atoms with E-state index in [0.717, 1.165) is 5.56 Å². The first kappa shape index (κ1) is 23.4. The van der Waals surface area contributed by atoms with Crippen LogP contribution in [0.4, 0.5) is 10.2 Å². The first-order valence-electron chi connectivity index (χ1n) is 11.3. The van der Waals surface area contributed by atoms with Crippen molar-refractivity contribution >= 4 is 28.3 Å². The highest BCUT2D eigenvalue weighted by molar-refractivity contribution is 6.30. The molecule has 5 rings (SSSR count). The Morgan fingerprint density at radius 2 is 1.97 bits per heavy atom. The van der Waals surface area contributed by atoms with Crippen molar-refractivity contribution in [3.8, 4) is 11.3 Å². The van der Waals surface area contributed by atoms with Gasteiger partial charge in [-0.1, -0.05) is 11.6 Å². The molecule has 0 N–H and O–H groups in total. The van der Waals surface area contributed by atoms with Gasteiger partial charge in [0.25, 0.3) is 5.56 Å². The lowest BCUT2D eigenvalue weighted by atomic mass is 10.0. The van der Waals surface area contributed by atoms with Crippen molar-refractivity contribution in [2.45, 2.75) is 32.5 Å². The molecule has 1 aliphatic heterocycles. The molecular formula is C25H26ClFN6O2. The number of anilines is 1. The van der Waals surface area contributed by atoms with E-state index < -0.39 is 11.4 Å². The molecule has 1 fully saturated rings. The van der Waals surface area contributed by atoms with Gasteiger partial charge in [-0.3, -0.25) is 14.0 Å². The molecular weight excluding hydrogens is 471 g/mol. The van der Waals surface area contributed by atoms with Crippen LogP contribution in [0.25, 0.3) is 22.2 Å². The normalized spacial score (nSPS) is 17.8. The molecule has 10 heteroatoms. The predicted molar refractivity (Wildman–Crippen MR) is 133 cm³/mol. The van der Waals surface area contributed by atoms with Crippen molar-refractivity contribution in [2.24, 2.45) is 14.1 Å². The zero-order valence-electron chi connectivity index (χ0n) is 20.2. The summed E-state index contributed by atoms with van der Waals surface area (Å²) in [7, 11) is 3.53. The predicted octanol–water partition coefficient (Wildman–Crippen LogP) is 4.19.